The Balaban J connectivity index is 1.77. The maximum Gasteiger partial charge on any atom is 0.146 e. The molecule has 4 heteroatoms. The Labute approximate surface area is 160 Å². The van der Waals surface area contributed by atoms with Gasteiger partial charge in [-0.2, -0.15) is 0 Å². The van der Waals surface area contributed by atoms with Gasteiger partial charge >= 0.3 is 0 Å². The molecule has 4 heterocycles. The zero-order chi connectivity index (χ0) is 18.2. The third kappa shape index (κ3) is 1.63. The molecule has 0 saturated heterocycles. The van der Waals surface area contributed by atoms with Crippen LogP contribution in [0.15, 0.2) is 73.2 Å². The van der Waals surface area contributed by atoms with E-state index in [2.05, 4.69) is 51.8 Å². The van der Waals surface area contributed by atoms with Crippen molar-refractivity contribution in [1.29, 1.82) is 0 Å². The molecule has 0 saturated carbocycles. The number of pyridine rings is 3. The number of imidazole rings is 1. The van der Waals surface area contributed by atoms with E-state index in [1.165, 1.54) is 27.6 Å². The average molecular weight is 358 g/mol. The molecule has 0 amide bonds. The molecule has 130 valence electrons. The normalized spacial score (nSPS) is 12.9. The van der Waals surface area contributed by atoms with E-state index < -0.39 is 0 Å². The minimum absolute atomic E-state index is 0.906. The number of fused-ring (bicyclic) bond motifs is 12. The smallest absolute Gasteiger partial charge is 0.146 e. The minimum atomic E-state index is 0.906. The second-order valence-corrected chi connectivity index (χ2v) is 7.35. The van der Waals surface area contributed by atoms with E-state index in [0.29, 0.717) is 0 Å². The molecule has 1 aliphatic carbocycles. The molecule has 7 rings (SSSR count). The second-order valence-electron chi connectivity index (χ2n) is 7.35. The monoisotopic (exact) mass is 358 g/mol. The van der Waals surface area contributed by atoms with Crippen LogP contribution in [0.2, 0.25) is 0 Å². The van der Waals surface area contributed by atoms with Gasteiger partial charge in [-0.25, -0.2) is 4.98 Å². The van der Waals surface area contributed by atoms with Crippen LogP contribution in [-0.2, 0) is 6.42 Å². The molecular weight excluding hydrogens is 344 g/mol. The van der Waals surface area contributed by atoms with Crippen molar-refractivity contribution in [3.8, 4) is 11.1 Å². The van der Waals surface area contributed by atoms with Gasteiger partial charge in [-0.1, -0.05) is 30.3 Å². The first-order valence-corrected chi connectivity index (χ1v) is 9.43. The lowest BCUT2D eigenvalue weighted by molar-refractivity contribution is 1.26. The summed E-state index contributed by atoms with van der Waals surface area (Å²) in [5, 5.41) is 2.37. The van der Waals surface area contributed by atoms with Gasteiger partial charge in [-0.3, -0.25) is 14.4 Å². The van der Waals surface area contributed by atoms with Crippen molar-refractivity contribution in [3.05, 3.63) is 84.3 Å². The van der Waals surface area contributed by atoms with Crippen LogP contribution in [0.5, 0.6) is 0 Å². The van der Waals surface area contributed by atoms with Crippen LogP contribution in [0, 0.1) is 0 Å². The van der Waals surface area contributed by atoms with Crippen molar-refractivity contribution < 1.29 is 0 Å². The van der Waals surface area contributed by atoms with Crippen molar-refractivity contribution in [2.45, 2.75) is 6.42 Å². The Morgan fingerprint density at radius 1 is 0.821 bits per heavy atom. The summed E-state index contributed by atoms with van der Waals surface area (Å²) >= 11 is 0. The summed E-state index contributed by atoms with van der Waals surface area (Å²) in [7, 11) is 0. The predicted octanol–water partition coefficient (Wildman–Crippen LogP) is 5.16. The number of benzene rings is 2. The molecule has 0 bridgehead atoms. The lowest BCUT2D eigenvalue weighted by Crippen LogP contribution is -1.96. The van der Waals surface area contributed by atoms with E-state index in [1.807, 2.05) is 30.7 Å². The van der Waals surface area contributed by atoms with E-state index in [4.69, 9.17) is 9.97 Å². The van der Waals surface area contributed by atoms with Crippen molar-refractivity contribution in [2.24, 2.45) is 0 Å². The molecule has 1 aliphatic rings. The van der Waals surface area contributed by atoms with Crippen LogP contribution in [0.1, 0.15) is 11.1 Å². The number of hydrogen-bond donors (Lipinski definition) is 0. The number of hydrogen-bond acceptors (Lipinski definition) is 3. The molecule has 4 aromatic heterocycles. The highest BCUT2D eigenvalue weighted by Gasteiger charge is 2.24. The van der Waals surface area contributed by atoms with Gasteiger partial charge < -0.3 is 0 Å². The molecule has 0 aliphatic heterocycles. The summed E-state index contributed by atoms with van der Waals surface area (Å²) in [4.78, 5) is 14.0. The van der Waals surface area contributed by atoms with Gasteiger partial charge in [0, 0.05) is 23.2 Å². The second kappa shape index (κ2) is 4.93. The number of aromatic nitrogens is 4. The van der Waals surface area contributed by atoms with Crippen molar-refractivity contribution in [2.75, 3.05) is 0 Å². The quantitative estimate of drug-likeness (QED) is 0.352. The highest BCUT2D eigenvalue weighted by atomic mass is 15.0. The van der Waals surface area contributed by atoms with Gasteiger partial charge in [0.2, 0.25) is 0 Å². The molecule has 0 fully saturated rings. The molecular formula is C24H14N4. The zero-order valence-corrected chi connectivity index (χ0v) is 14.9. The highest BCUT2D eigenvalue weighted by Crippen LogP contribution is 2.43. The summed E-state index contributed by atoms with van der Waals surface area (Å²) in [6.07, 6.45) is 6.48. The summed E-state index contributed by atoms with van der Waals surface area (Å²) in [5.41, 5.74) is 10.4. The molecule has 4 nitrogen and oxygen atoms in total. The lowest BCUT2D eigenvalue weighted by Gasteiger charge is -2.12. The maximum atomic E-state index is 4.94. The fourth-order valence-corrected chi connectivity index (χ4v) is 4.79. The Bertz CT molecular complexity index is 1590. The molecule has 0 radical (unpaired) electrons. The fraction of sp³-hybridized carbons (Fsp3) is 0.0417. The lowest BCUT2D eigenvalue weighted by atomic mass is 9.98. The van der Waals surface area contributed by atoms with Gasteiger partial charge in [0.15, 0.2) is 0 Å². The first-order valence-electron chi connectivity index (χ1n) is 9.43. The minimum Gasteiger partial charge on any atom is -0.290 e. The Morgan fingerprint density at radius 2 is 1.79 bits per heavy atom. The van der Waals surface area contributed by atoms with Crippen LogP contribution >= 0.6 is 0 Å². The fourth-order valence-electron chi connectivity index (χ4n) is 4.79. The van der Waals surface area contributed by atoms with Gasteiger partial charge in [0.25, 0.3) is 0 Å². The van der Waals surface area contributed by atoms with E-state index in [9.17, 15) is 0 Å². The number of rotatable bonds is 0. The van der Waals surface area contributed by atoms with E-state index in [0.717, 1.165) is 39.5 Å². The van der Waals surface area contributed by atoms with E-state index >= 15 is 0 Å². The van der Waals surface area contributed by atoms with Crippen molar-refractivity contribution in [1.82, 2.24) is 19.4 Å². The Kier molecular flexibility index (Phi) is 2.51. The number of nitrogens with zero attached hydrogens (tertiary/aromatic N) is 4. The third-order valence-electron chi connectivity index (χ3n) is 5.95. The Hall–Kier alpha value is -3.79. The van der Waals surface area contributed by atoms with Gasteiger partial charge in [-0.15, -0.1) is 0 Å². The van der Waals surface area contributed by atoms with Crippen LogP contribution < -0.4 is 0 Å². The molecule has 2 aromatic carbocycles. The van der Waals surface area contributed by atoms with Crippen LogP contribution in [0.25, 0.3) is 49.6 Å². The molecule has 0 spiro atoms. The third-order valence-corrected chi connectivity index (χ3v) is 5.95. The predicted molar refractivity (Wildman–Crippen MR) is 112 cm³/mol. The average Bonchev–Trinajstić information content (AvgIpc) is 3.32. The van der Waals surface area contributed by atoms with Gasteiger partial charge in [-0.05, 0) is 52.9 Å². The zero-order valence-electron chi connectivity index (χ0n) is 14.9. The van der Waals surface area contributed by atoms with Crippen LogP contribution in [0.3, 0.4) is 0 Å². The maximum absolute atomic E-state index is 4.94. The first kappa shape index (κ1) is 14.3. The highest BCUT2D eigenvalue weighted by molar-refractivity contribution is 6.15. The summed E-state index contributed by atoms with van der Waals surface area (Å²) in [5.74, 6) is 0. The molecule has 6 aromatic rings. The van der Waals surface area contributed by atoms with Crippen molar-refractivity contribution >= 4 is 38.5 Å². The van der Waals surface area contributed by atoms with Crippen LogP contribution in [-0.4, -0.2) is 19.4 Å². The van der Waals surface area contributed by atoms with Gasteiger partial charge in [0.1, 0.15) is 11.2 Å². The first-order chi connectivity index (χ1) is 13.9. The standard InChI is InChI=1S/C24H14N4/c1-2-5-15-14(4-1)12-18-16(15)7-8-17-22(18)23-21(6-3-10-26-23)28-20-9-11-25-13-19(20)27-24(17)28/h1-11,13H,12H2. The van der Waals surface area contributed by atoms with E-state index in [-0.39, 0.29) is 0 Å². The van der Waals surface area contributed by atoms with Crippen LogP contribution in [0.4, 0.5) is 0 Å². The van der Waals surface area contributed by atoms with E-state index in [1.54, 1.807) is 0 Å². The SMILES string of the molecule is c1ccc2c(c1)Cc1c-2ccc2c1c1ncccc1n1c3ccncc3nc21. The summed E-state index contributed by atoms with van der Waals surface area (Å²) in [6.45, 7) is 0. The van der Waals surface area contributed by atoms with Gasteiger partial charge in [0.05, 0.1) is 22.7 Å². The molecule has 28 heavy (non-hydrogen) atoms. The molecule has 0 N–H and O–H groups in total. The molecule has 0 atom stereocenters. The van der Waals surface area contributed by atoms with Crippen molar-refractivity contribution in [3.63, 3.8) is 0 Å². The topological polar surface area (TPSA) is 43.1 Å². The largest absolute Gasteiger partial charge is 0.290 e. The summed E-state index contributed by atoms with van der Waals surface area (Å²) in [6, 6.07) is 19.3. The Morgan fingerprint density at radius 3 is 2.79 bits per heavy atom. The summed E-state index contributed by atoms with van der Waals surface area (Å²) < 4.78 is 2.22. The molecule has 0 unspecified atom stereocenters.